The smallest absolute Gasteiger partial charge is 0.323 e. The highest BCUT2D eigenvalue weighted by atomic mass is 32.2. The first-order chi connectivity index (χ1) is 8.27. The summed E-state index contributed by atoms with van der Waals surface area (Å²) >= 11 is 1.73. The lowest BCUT2D eigenvalue weighted by molar-refractivity contribution is -0.147. The lowest BCUT2D eigenvalue weighted by Gasteiger charge is -2.14. The zero-order valence-electron chi connectivity index (χ0n) is 10.3. The summed E-state index contributed by atoms with van der Waals surface area (Å²) in [6, 6.07) is 9.51. The van der Waals surface area contributed by atoms with E-state index in [1.165, 1.54) is 0 Å². The van der Waals surface area contributed by atoms with Crippen LogP contribution in [0, 0.1) is 0 Å². The van der Waals surface area contributed by atoms with Gasteiger partial charge in [0.2, 0.25) is 0 Å². The molecule has 94 valence electrons. The van der Waals surface area contributed by atoms with E-state index in [1.54, 1.807) is 18.8 Å². The fourth-order valence-electron chi connectivity index (χ4n) is 1.45. The van der Waals surface area contributed by atoms with Crippen LogP contribution in [0.3, 0.4) is 0 Å². The molecule has 0 aliphatic heterocycles. The second-order valence-electron chi connectivity index (χ2n) is 3.72. The summed E-state index contributed by atoms with van der Waals surface area (Å²) in [5, 5.41) is 2.99. The van der Waals surface area contributed by atoms with E-state index >= 15 is 0 Å². The first-order valence-corrected chi connectivity index (χ1v) is 7.04. The van der Waals surface area contributed by atoms with Crippen LogP contribution in [0.15, 0.2) is 30.3 Å². The van der Waals surface area contributed by atoms with E-state index in [4.69, 9.17) is 4.74 Å². The molecular formula is C13H19NO2S. The van der Waals surface area contributed by atoms with Crippen molar-refractivity contribution in [2.45, 2.75) is 19.1 Å². The van der Waals surface area contributed by atoms with Crippen molar-refractivity contribution in [1.29, 1.82) is 0 Å². The topological polar surface area (TPSA) is 38.3 Å². The maximum absolute atomic E-state index is 11.8. The average molecular weight is 253 g/mol. The van der Waals surface area contributed by atoms with Gasteiger partial charge >= 0.3 is 5.97 Å². The number of likely N-dealkylation sites (N-methyl/N-ethyl adjacent to an activating group) is 1. The number of rotatable bonds is 7. The number of thioether (sulfide) groups is 1. The minimum Gasteiger partial charge on any atom is -0.460 e. The lowest BCUT2D eigenvalue weighted by Crippen LogP contribution is -2.35. The number of ether oxygens (including phenoxy) is 1. The van der Waals surface area contributed by atoms with Gasteiger partial charge in [0.1, 0.15) is 12.6 Å². The summed E-state index contributed by atoms with van der Waals surface area (Å²) in [7, 11) is 1.79. The fraction of sp³-hybridized carbons (Fsp3) is 0.462. The molecule has 0 spiro atoms. The van der Waals surface area contributed by atoms with Crippen LogP contribution in [0.1, 0.15) is 12.0 Å². The number of nitrogens with one attached hydrogen (secondary N) is 1. The molecule has 0 fully saturated rings. The van der Waals surface area contributed by atoms with E-state index in [1.807, 2.05) is 36.6 Å². The van der Waals surface area contributed by atoms with Crippen LogP contribution < -0.4 is 5.32 Å². The molecule has 0 amide bonds. The maximum atomic E-state index is 11.8. The molecule has 0 saturated heterocycles. The Balaban J connectivity index is 2.37. The van der Waals surface area contributed by atoms with E-state index in [2.05, 4.69) is 5.32 Å². The van der Waals surface area contributed by atoms with Crippen molar-refractivity contribution in [3.63, 3.8) is 0 Å². The van der Waals surface area contributed by atoms with Gasteiger partial charge in [-0.1, -0.05) is 30.3 Å². The minimum atomic E-state index is -0.203. The Kier molecular flexibility index (Phi) is 6.74. The van der Waals surface area contributed by atoms with Crippen LogP contribution in [-0.2, 0) is 16.1 Å². The second kappa shape index (κ2) is 8.14. The van der Waals surface area contributed by atoms with Crippen molar-refractivity contribution >= 4 is 17.7 Å². The zero-order chi connectivity index (χ0) is 12.5. The molecule has 0 unspecified atom stereocenters. The summed E-state index contributed by atoms with van der Waals surface area (Å²) < 4.78 is 5.27. The predicted octanol–water partition coefficient (Wildman–Crippen LogP) is 2.07. The van der Waals surface area contributed by atoms with Crippen molar-refractivity contribution in [2.24, 2.45) is 0 Å². The molecule has 4 heteroatoms. The van der Waals surface area contributed by atoms with Gasteiger partial charge in [0.05, 0.1) is 0 Å². The highest BCUT2D eigenvalue weighted by molar-refractivity contribution is 7.98. The first kappa shape index (κ1) is 14.1. The number of carbonyl (C=O) groups excluding carboxylic acids is 1. The number of carbonyl (C=O) groups is 1. The lowest BCUT2D eigenvalue weighted by atomic mass is 10.2. The van der Waals surface area contributed by atoms with Crippen molar-refractivity contribution < 1.29 is 9.53 Å². The standard InChI is InChI=1S/C13H19NO2S/c1-14-12(8-9-17-2)13(15)16-10-11-6-4-3-5-7-11/h3-7,12,14H,8-10H2,1-2H3/t12-/m0/s1. The third kappa shape index (κ3) is 5.24. The van der Waals surface area contributed by atoms with E-state index < -0.39 is 0 Å². The molecule has 0 heterocycles. The summed E-state index contributed by atoms with van der Waals surface area (Å²) in [6.45, 7) is 0.344. The van der Waals surface area contributed by atoms with E-state index in [0.717, 1.165) is 17.7 Å². The molecule has 1 atom stereocenters. The number of hydrogen-bond donors (Lipinski definition) is 1. The second-order valence-corrected chi connectivity index (χ2v) is 4.70. The van der Waals surface area contributed by atoms with Gasteiger partial charge in [0.15, 0.2) is 0 Å². The largest absolute Gasteiger partial charge is 0.460 e. The van der Waals surface area contributed by atoms with E-state index in [-0.39, 0.29) is 12.0 Å². The Morgan fingerprint density at radius 3 is 2.71 bits per heavy atom. The van der Waals surface area contributed by atoms with Crippen LogP contribution in [0.25, 0.3) is 0 Å². The molecule has 0 saturated carbocycles. The van der Waals surface area contributed by atoms with Crippen molar-refractivity contribution in [1.82, 2.24) is 5.32 Å². The molecule has 1 aromatic carbocycles. The molecule has 17 heavy (non-hydrogen) atoms. The molecule has 0 aliphatic rings. The third-order valence-corrected chi connectivity index (χ3v) is 3.11. The Morgan fingerprint density at radius 2 is 2.12 bits per heavy atom. The highest BCUT2D eigenvalue weighted by Gasteiger charge is 2.17. The number of esters is 1. The van der Waals surface area contributed by atoms with Gasteiger partial charge in [-0.3, -0.25) is 4.79 Å². The normalized spacial score (nSPS) is 12.1. The van der Waals surface area contributed by atoms with Crippen LogP contribution in [0.4, 0.5) is 0 Å². The number of benzene rings is 1. The quantitative estimate of drug-likeness (QED) is 0.755. The summed E-state index contributed by atoms with van der Waals surface area (Å²) in [5.41, 5.74) is 1.01. The predicted molar refractivity (Wildman–Crippen MR) is 72.1 cm³/mol. The molecular weight excluding hydrogens is 234 g/mol. The Labute approximate surface area is 107 Å². The Hall–Kier alpha value is -1.00. The van der Waals surface area contributed by atoms with E-state index in [9.17, 15) is 4.79 Å². The van der Waals surface area contributed by atoms with Gasteiger partial charge in [-0.15, -0.1) is 0 Å². The summed E-state index contributed by atoms with van der Waals surface area (Å²) in [5.74, 6) is 0.775. The molecule has 3 nitrogen and oxygen atoms in total. The van der Waals surface area contributed by atoms with Gasteiger partial charge in [0, 0.05) is 0 Å². The average Bonchev–Trinajstić information content (AvgIpc) is 2.38. The Bertz CT molecular complexity index is 329. The van der Waals surface area contributed by atoms with Gasteiger partial charge < -0.3 is 10.1 Å². The van der Waals surface area contributed by atoms with E-state index in [0.29, 0.717) is 6.61 Å². The monoisotopic (exact) mass is 253 g/mol. The molecule has 1 N–H and O–H groups in total. The van der Waals surface area contributed by atoms with Crippen molar-refractivity contribution in [2.75, 3.05) is 19.1 Å². The molecule has 0 aliphatic carbocycles. The van der Waals surface area contributed by atoms with Gasteiger partial charge in [-0.2, -0.15) is 11.8 Å². The molecule has 1 aromatic rings. The van der Waals surface area contributed by atoms with Gasteiger partial charge in [0.25, 0.3) is 0 Å². The van der Waals surface area contributed by atoms with Crippen LogP contribution in [0.5, 0.6) is 0 Å². The van der Waals surface area contributed by atoms with Crippen LogP contribution in [-0.4, -0.2) is 31.1 Å². The SMILES string of the molecule is CN[C@@H](CCSC)C(=O)OCc1ccccc1. The summed E-state index contributed by atoms with van der Waals surface area (Å²) in [4.78, 5) is 11.8. The molecule has 0 bridgehead atoms. The number of hydrogen-bond acceptors (Lipinski definition) is 4. The zero-order valence-corrected chi connectivity index (χ0v) is 11.1. The highest BCUT2D eigenvalue weighted by Crippen LogP contribution is 2.05. The minimum absolute atomic E-state index is 0.176. The van der Waals surface area contributed by atoms with Crippen LogP contribution in [0.2, 0.25) is 0 Å². The summed E-state index contributed by atoms with van der Waals surface area (Å²) in [6.07, 6.45) is 2.83. The van der Waals surface area contributed by atoms with Crippen LogP contribution >= 0.6 is 11.8 Å². The first-order valence-electron chi connectivity index (χ1n) is 5.64. The molecule has 1 rings (SSSR count). The fourth-order valence-corrected chi connectivity index (χ4v) is 1.92. The Morgan fingerprint density at radius 1 is 1.41 bits per heavy atom. The van der Waals surface area contributed by atoms with Gasteiger partial charge in [-0.05, 0) is 31.0 Å². The van der Waals surface area contributed by atoms with Crippen molar-refractivity contribution in [3.8, 4) is 0 Å². The van der Waals surface area contributed by atoms with Crippen molar-refractivity contribution in [3.05, 3.63) is 35.9 Å². The third-order valence-electron chi connectivity index (χ3n) is 2.47. The molecule has 0 aromatic heterocycles. The van der Waals surface area contributed by atoms with Gasteiger partial charge in [-0.25, -0.2) is 0 Å². The molecule has 0 radical (unpaired) electrons. The maximum Gasteiger partial charge on any atom is 0.323 e.